The van der Waals surface area contributed by atoms with Gasteiger partial charge in [-0.2, -0.15) is 0 Å². The molecule has 1 fully saturated rings. The summed E-state index contributed by atoms with van der Waals surface area (Å²) in [7, 11) is 0. The van der Waals surface area contributed by atoms with E-state index in [2.05, 4.69) is 22.0 Å². The number of ether oxygens (including phenoxy) is 1. The van der Waals surface area contributed by atoms with Crippen LogP contribution >= 0.6 is 15.9 Å². The Morgan fingerprint density at radius 1 is 1.54 bits per heavy atom. The van der Waals surface area contributed by atoms with Crippen molar-refractivity contribution >= 4 is 15.9 Å². The molecule has 2 bridgehead atoms. The number of hydrogen-bond donors (Lipinski definition) is 1. The van der Waals surface area contributed by atoms with Crippen LogP contribution in [0.2, 0.25) is 0 Å². The molecule has 3 heteroatoms. The molecule has 2 nitrogen and oxygen atoms in total. The van der Waals surface area contributed by atoms with Crippen molar-refractivity contribution in [2.24, 2.45) is 11.8 Å². The summed E-state index contributed by atoms with van der Waals surface area (Å²) in [4.78, 5) is 0. The molecule has 0 aromatic rings. The first kappa shape index (κ1) is 9.69. The predicted molar refractivity (Wildman–Crippen MR) is 54.7 cm³/mol. The fourth-order valence-corrected chi connectivity index (χ4v) is 3.30. The summed E-state index contributed by atoms with van der Waals surface area (Å²) < 4.78 is 6.80. The Balaban J connectivity index is 2.00. The molecule has 3 atom stereocenters. The highest BCUT2D eigenvalue weighted by Crippen LogP contribution is 2.43. The predicted octanol–water partition coefficient (Wildman–Crippen LogP) is 2.07. The Morgan fingerprint density at radius 3 is 3.15 bits per heavy atom. The molecule has 3 unspecified atom stereocenters. The summed E-state index contributed by atoms with van der Waals surface area (Å²) in [6, 6.07) is 0. The van der Waals surface area contributed by atoms with Crippen LogP contribution < -0.4 is 0 Å². The highest BCUT2D eigenvalue weighted by molar-refractivity contribution is 9.11. The van der Waals surface area contributed by atoms with Crippen molar-refractivity contribution in [3.8, 4) is 0 Å². The highest BCUT2D eigenvalue weighted by Gasteiger charge is 2.36. The summed E-state index contributed by atoms with van der Waals surface area (Å²) in [6.45, 7) is 0.571. The minimum atomic E-state index is 0.118. The van der Waals surface area contributed by atoms with Gasteiger partial charge in [0.1, 0.15) is 0 Å². The van der Waals surface area contributed by atoms with E-state index < -0.39 is 0 Å². The first-order chi connectivity index (χ1) is 6.31. The van der Waals surface area contributed by atoms with Crippen molar-refractivity contribution in [2.45, 2.75) is 25.4 Å². The second kappa shape index (κ2) is 4.11. The van der Waals surface area contributed by atoms with Gasteiger partial charge in [-0.3, -0.25) is 0 Å². The van der Waals surface area contributed by atoms with Crippen molar-refractivity contribution in [2.75, 3.05) is 13.2 Å². The fourth-order valence-electron chi connectivity index (χ4n) is 2.42. The molecule has 2 rings (SSSR count). The highest BCUT2D eigenvalue weighted by atomic mass is 79.9. The quantitative estimate of drug-likeness (QED) is 0.827. The van der Waals surface area contributed by atoms with E-state index in [1.807, 2.05) is 0 Å². The molecule has 0 spiro atoms. The molecular formula is C10H15BrO2. The van der Waals surface area contributed by atoms with Crippen molar-refractivity contribution in [3.63, 3.8) is 0 Å². The first-order valence-corrected chi connectivity index (χ1v) is 5.70. The van der Waals surface area contributed by atoms with Gasteiger partial charge in [0.05, 0.1) is 19.3 Å². The second-order valence-corrected chi connectivity index (χ2v) is 4.82. The van der Waals surface area contributed by atoms with Crippen LogP contribution in [0.1, 0.15) is 19.3 Å². The van der Waals surface area contributed by atoms with Crippen molar-refractivity contribution in [1.82, 2.24) is 0 Å². The Bertz CT molecular complexity index is 215. The Hall–Kier alpha value is 0.140. The number of allylic oxidation sites excluding steroid dienone is 1. The minimum Gasteiger partial charge on any atom is -0.394 e. The zero-order valence-electron chi connectivity index (χ0n) is 7.58. The van der Waals surface area contributed by atoms with Crippen molar-refractivity contribution in [1.29, 1.82) is 0 Å². The van der Waals surface area contributed by atoms with E-state index in [4.69, 9.17) is 9.84 Å². The van der Waals surface area contributed by atoms with E-state index in [-0.39, 0.29) is 12.7 Å². The van der Waals surface area contributed by atoms with Gasteiger partial charge in [0.2, 0.25) is 0 Å². The third kappa shape index (κ3) is 1.97. The fraction of sp³-hybridized carbons (Fsp3) is 0.800. The molecular weight excluding hydrogens is 232 g/mol. The molecule has 2 aliphatic carbocycles. The summed E-state index contributed by atoms with van der Waals surface area (Å²) in [5.41, 5.74) is 0. The zero-order chi connectivity index (χ0) is 9.26. The summed E-state index contributed by atoms with van der Waals surface area (Å²) in [5, 5.41) is 8.69. The van der Waals surface area contributed by atoms with E-state index in [0.717, 1.165) is 5.92 Å². The van der Waals surface area contributed by atoms with Gasteiger partial charge in [-0.15, -0.1) is 0 Å². The maximum Gasteiger partial charge on any atom is 0.0915 e. The lowest BCUT2D eigenvalue weighted by atomic mass is 9.93. The molecule has 0 amide bonds. The third-order valence-corrected chi connectivity index (χ3v) is 3.71. The van der Waals surface area contributed by atoms with Gasteiger partial charge >= 0.3 is 0 Å². The van der Waals surface area contributed by atoms with Crippen LogP contribution in [-0.2, 0) is 4.74 Å². The van der Waals surface area contributed by atoms with Gasteiger partial charge in [-0.25, -0.2) is 0 Å². The summed E-state index contributed by atoms with van der Waals surface area (Å²) in [5.74, 6) is 1.45. The molecule has 0 aromatic carbocycles. The second-order valence-electron chi connectivity index (χ2n) is 3.90. The van der Waals surface area contributed by atoms with Crippen LogP contribution in [0.3, 0.4) is 0 Å². The lowest BCUT2D eigenvalue weighted by molar-refractivity contribution is 0.0193. The summed E-state index contributed by atoms with van der Waals surface area (Å²) >= 11 is 3.56. The maximum atomic E-state index is 8.69. The van der Waals surface area contributed by atoms with Crippen molar-refractivity contribution in [3.05, 3.63) is 10.6 Å². The van der Waals surface area contributed by atoms with Gasteiger partial charge in [0, 0.05) is 4.48 Å². The van der Waals surface area contributed by atoms with E-state index >= 15 is 0 Å². The number of aliphatic hydroxyl groups excluding tert-OH is 1. The molecule has 1 saturated carbocycles. The lowest BCUT2D eigenvalue weighted by Gasteiger charge is -2.27. The van der Waals surface area contributed by atoms with Gasteiger partial charge in [0.15, 0.2) is 0 Å². The van der Waals surface area contributed by atoms with Gasteiger partial charge < -0.3 is 9.84 Å². The van der Waals surface area contributed by atoms with E-state index in [0.29, 0.717) is 12.5 Å². The molecule has 0 saturated heterocycles. The Morgan fingerprint density at radius 2 is 2.38 bits per heavy atom. The van der Waals surface area contributed by atoms with Crippen LogP contribution in [0, 0.1) is 11.8 Å². The molecule has 0 heterocycles. The van der Waals surface area contributed by atoms with Crippen LogP contribution in [0.4, 0.5) is 0 Å². The van der Waals surface area contributed by atoms with Crippen LogP contribution in [0.25, 0.3) is 0 Å². The standard InChI is InChI=1S/C10H15BrO2/c11-9-6-7-1-2-8(5-7)10(9)13-4-3-12/h6-8,10,12H,1-5H2. The van der Waals surface area contributed by atoms with Gasteiger partial charge in [0.25, 0.3) is 0 Å². The Labute approximate surface area is 87.1 Å². The normalized spacial score (nSPS) is 37.7. The van der Waals surface area contributed by atoms with E-state index in [9.17, 15) is 0 Å². The SMILES string of the molecule is OCCOC1C(Br)=CC2CCC1C2. The first-order valence-electron chi connectivity index (χ1n) is 4.91. The molecule has 0 radical (unpaired) electrons. The zero-order valence-corrected chi connectivity index (χ0v) is 9.16. The average molecular weight is 247 g/mol. The molecule has 1 N–H and O–H groups in total. The number of rotatable bonds is 3. The van der Waals surface area contributed by atoms with Crippen molar-refractivity contribution < 1.29 is 9.84 Å². The van der Waals surface area contributed by atoms with Gasteiger partial charge in [-0.1, -0.05) is 22.0 Å². The van der Waals surface area contributed by atoms with Gasteiger partial charge in [-0.05, 0) is 31.1 Å². The summed E-state index contributed by atoms with van der Waals surface area (Å²) in [6.07, 6.45) is 6.34. The Kier molecular flexibility index (Phi) is 3.06. The van der Waals surface area contributed by atoms with Crippen LogP contribution in [0.5, 0.6) is 0 Å². The van der Waals surface area contributed by atoms with E-state index in [1.54, 1.807) is 0 Å². The number of hydrogen-bond acceptors (Lipinski definition) is 2. The van der Waals surface area contributed by atoms with E-state index in [1.165, 1.54) is 23.7 Å². The average Bonchev–Trinajstić information content (AvgIpc) is 2.49. The molecule has 13 heavy (non-hydrogen) atoms. The smallest absolute Gasteiger partial charge is 0.0915 e. The van der Waals surface area contributed by atoms with Crippen LogP contribution in [0.15, 0.2) is 10.6 Å². The monoisotopic (exact) mass is 246 g/mol. The molecule has 0 aliphatic heterocycles. The number of halogens is 1. The topological polar surface area (TPSA) is 29.5 Å². The number of fused-ring (bicyclic) bond motifs is 2. The molecule has 0 aromatic heterocycles. The lowest BCUT2D eigenvalue weighted by Crippen LogP contribution is -2.26. The molecule has 74 valence electrons. The minimum absolute atomic E-state index is 0.118. The molecule has 2 aliphatic rings. The largest absolute Gasteiger partial charge is 0.394 e. The van der Waals surface area contributed by atoms with Crippen LogP contribution in [-0.4, -0.2) is 24.4 Å². The maximum absolute atomic E-state index is 8.69. The third-order valence-electron chi connectivity index (χ3n) is 3.00. The number of aliphatic hydroxyl groups is 1.